The first-order valence-corrected chi connectivity index (χ1v) is 9.51. The van der Waals surface area contributed by atoms with E-state index in [0.29, 0.717) is 23.0 Å². The van der Waals surface area contributed by atoms with Crippen LogP contribution in [0.5, 0.6) is 0 Å². The van der Waals surface area contributed by atoms with Gasteiger partial charge in [-0.05, 0) is 38.4 Å². The van der Waals surface area contributed by atoms with Crippen LogP contribution >= 0.6 is 12.2 Å². The number of aromatic nitrogens is 3. The smallest absolute Gasteiger partial charge is 0.222 e. The number of likely N-dealkylation sites (tertiary alicyclic amines) is 1. The minimum atomic E-state index is 0.306. The van der Waals surface area contributed by atoms with Crippen LogP contribution in [0.2, 0.25) is 0 Å². The number of nitrogens with one attached hydrogen (secondary N) is 1. The Balaban J connectivity index is 1.87. The van der Waals surface area contributed by atoms with E-state index in [1.54, 1.807) is 0 Å². The van der Waals surface area contributed by atoms with Crippen molar-refractivity contribution in [2.45, 2.75) is 77.7 Å². The first-order chi connectivity index (χ1) is 11.2. The maximum absolute atomic E-state index is 12.4. The van der Waals surface area contributed by atoms with Gasteiger partial charge < -0.3 is 9.47 Å². The monoisotopic (exact) mass is 338 g/mol. The van der Waals surface area contributed by atoms with Crippen molar-refractivity contribution in [2.75, 3.05) is 13.1 Å². The zero-order valence-corrected chi connectivity index (χ0v) is 15.3. The minimum Gasteiger partial charge on any atom is -0.342 e. The summed E-state index contributed by atoms with van der Waals surface area (Å²) in [6, 6.07) is 0. The highest BCUT2D eigenvalue weighted by molar-refractivity contribution is 7.71. The number of aromatic amines is 1. The lowest BCUT2D eigenvalue weighted by Gasteiger charge is -2.32. The van der Waals surface area contributed by atoms with E-state index in [0.717, 1.165) is 44.7 Å². The molecule has 1 aliphatic rings. The van der Waals surface area contributed by atoms with Gasteiger partial charge in [0.2, 0.25) is 5.91 Å². The Bertz CT molecular complexity index is 551. The van der Waals surface area contributed by atoms with Gasteiger partial charge in [-0.3, -0.25) is 9.89 Å². The third-order valence-corrected chi connectivity index (χ3v) is 5.05. The lowest BCUT2D eigenvalue weighted by atomic mass is 9.96. The molecule has 1 fully saturated rings. The van der Waals surface area contributed by atoms with Crippen molar-refractivity contribution in [1.29, 1.82) is 0 Å². The fourth-order valence-corrected chi connectivity index (χ4v) is 3.67. The van der Waals surface area contributed by atoms with Gasteiger partial charge in [0.1, 0.15) is 5.82 Å². The molecule has 130 valence electrons. The maximum Gasteiger partial charge on any atom is 0.222 e. The second-order valence-electron chi connectivity index (χ2n) is 6.47. The summed E-state index contributed by atoms with van der Waals surface area (Å²) in [7, 11) is 0. The molecule has 0 bridgehead atoms. The van der Waals surface area contributed by atoms with E-state index in [1.165, 1.54) is 25.7 Å². The summed E-state index contributed by atoms with van der Waals surface area (Å²) < 4.78 is 2.74. The summed E-state index contributed by atoms with van der Waals surface area (Å²) in [5.41, 5.74) is 0. The molecular formula is C17H30N4OS. The van der Waals surface area contributed by atoms with Crippen LogP contribution in [-0.4, -0.2) is 38.7 Å². The molecule has 1 atom stereocenters. The molecule has 6 heteroatoms. The van der Waals surface area contributed by atoms with Crippen LogP contribution in [-0.2, 0) is 11.3 Å². The van der Waals surface area contributed by atoms with Crippen LogP contribution in [0.15, 0.2) is 0 Å². The normalized spacial score (nSPS) is 18.3. The second-order valence-corrected chi connectivity index (χ2v) is 6.86. The summed E-state index contributed by atoms with van der Waals surface area (Å²) in [6.07, 6.45) is 8.79. The van der Waals surface area contributed by atoms with Crippen LogP contribution in [0.1, 0.15) is 77.0 Å². The molecule has 5 nitrogen and oxygen atoms in total. The van der Waals surface area contributed by atoms with Crippen molar-refractivity contribution < 1.29 is 4.79 Å². The van der Waals surface area contributed by atoms with Gasteiger partial charge in [0, 0.05) is 32.0 Å². The molecule has 0 radical (unpaired) electrons. The van der Waals surface area contributed by atoms with Crippen molar-refractivity contribution in [3.63, 3.8) is 0 Å². The Morgan fingerprint density at radius 2 is 2.09 bits per heavy atom. The molecule has 0 aliphatic carbocycles. The molecular weight excluding hydrogens is 308 g/mol. The topological polar surface area (TPSA) is 53.9 Å². The van der Waals surface area contributed by atoms with Crippen LogP contribution < -0.4 is 0 Å². The molecule has 23 heavy (non-hydrogen) atoms. The number of H-pyrrole nitrogens is 1. The standard InChI is InChI=1S/C17H30N4OS/c1-3-5-6-7-8-11-15(22)20-12-9-10-14(13-20)16-18-19-17(23)21(16)4-2/h14H,3-13H2,1-2H3,(H,19,23). The molecule has 0 spiro atoms. The van der Waals surface area contributed by atoms with E-state index in [-0.39, 0.29) is 0 Å². The van der Waals surface area contributed by atoms with E-state index in [4.69, 9.17) is 12.2 Å². The number of carbonyl (C=O) groups is 1. The highest BCUT2D eigenvalue weighted by Gasteiger charge is 2.27. The number of nitrogens with zero attached hydrogens (tertiary/aromatic N) is 3. The van der Waals surface area contributed by atoms with Crippen LogP contribution in [0.4, 0.5) is 0 Å². The van der Waals surface area contributed by atoms with Crippen LogP contribution in [0, 0.1) is 4.77 Å². The molecule has 1 saturated heterocycles. The number of piperidine rings is 1. The molecule has 1 aromatic rings. The predicted molar refractivity (Wildman–Crippen MR) is 95.0 cm³/mol. The molecule has 1 aromatic heterocycles. The van der Waals surface area contributed by atoms with Gasteiger partial charge >= 0.3 is 0 Å². The largest absolute Gasteiger partial charge is 0.342 e. The van der Waals surface area contributed by atoms with Crippen molar-refractivity contribution >= 4 is 18.1 Å². The van der Waals surface area contributed by atoms with Gasteiger partial charge in [-0.1, -0.05) is 32.6 Å². The third kappa shape index (κ3) is 4.90. The fraction of sp³-hybridized carbons (Fsp3) is 0.824. The summed E-state index contributed by atoms with van der Waals surface area (Å²) >= 11 is 5.28. The molecule has 0 aromatic carbocycles. The average Bonchev–Trinajstić information content (AvgIpc) is 2.95. The first kappa shape index (κ1) is 18.2. The molecule has 1 N–H and O–H groups in total. The van der Waals surface area contributed by atoms with Gasteiger partial charge in [0.15, 0.2) is 4.77 Å². The lowest BCUT2D eigenvalue weighted by Crippen LogP contribution is -2.39. The zero-order valence-electron chi connectivity index (χ0n) is 14.5. The Labute approximate surface area is 144 Å². The number of carbonyl (C=O) groups excluding carboxylic acids is 1. The van der Waals surface area contributed by atoms with E-state index < -0.39 is 0 Å². The average molecular weight is 339 g/mol. The van der Waals surface area contributed by atoms with E-state index in [2.05, 4.69) is 28.6 Å². The molecule has 0 saturated carbocycles. The minimum absolute atomic E-state index is 0.306. The van der Waals surface area contributed by atoms with Gasteiger partial charge in [-0.2, -0.15) is 5.10 Å². The van der Waals surface area contributed by atoms with Crippen LogP contribution in [0.25, 0.3) is 0 Å². The number of hydrogen-bond acceptors (Lipinski definition) is 3. The van der Waals surface area contributed by atoms with E-state index >= 15 is 0 Å². The van der Waals surface area contributed by atoms with Gasteiger partial charge in [0.05, 0.1) is 0 Å². The highest BCUT2D eigenvalue weighted by Crippen LogP contribution is 2.26. The fourth-order valence-electron chi connectivity index (χ4n) is 3.40. The van der Waals surface area contributed by atoms with Gasteiger partial charge in [0.25, 0.3) is 0 Å². The predicted octanol–water partition coefficient (Wildman–Crippen LogP) is 4.03. The summed E-state index contributed by atoms with van der Waals surface area (Å²) in [6.45, 7) is 6.79. The van der Waals surface area contributed by atoms with Crippen molar-refractivity contribution in [3.8, 4) is 0 Å². The Kier molecular flexibility index (Phi) is 7.27. The number of hydrogen-bond donors (Lipinski definition) is 1. The Hall–Kier alpha value is -1.17. The number of amides is 1. The van der Waals surface area contributed by atoms with Gasteiger partial charge in [-0.15, -0.1) is 0 Å². The summed E-state index contributed by atoms with van der Waals surface area (Å²) in [5, 5.41) is 7.30. The first-order valence-electron chi connectivity index (χ1n) is 9.10. The quantitative estimate of drug-likeness (QED) is 0.575. The van der Waals surface area contributed by atoms with E-state index in [9.17, 15) is 4.79 Å². The van der Waals surface area contributed by atoms with Crippen LogP contribution in [0.3, 0.4) is 0 Å². The summed E-state index contributed by atoms with van der Waals surface area (Å²) in [5.74, 6) is 1.63. The van der Waals surface area contributed by atoms with Crippen molar-refractivity contribution in [3.05, 3.63) is 10.6 Å². The number of unbranched alkanes of at least 4 members (excludes halogenated alkanes) is 4. The third-order valence-electron chi connectivity index (χ3n) is 4.74. The zero-order chi connectivity index (χ0) is 16.7. The SMILES string of the molecule is CCCCCCCC(=O)N1CCCC(c2n[nH]c(=S)n2CC)C1. The molecule has 1 aliphatic heterocycles. The molecule has 2 heterocycles. The molecule has 1 unspecified atom stereocenters. The number of rotatable bonds is 8. The highest BCUT2D eigenvalue weighted by atomic mass is 32.1. The Morgan fingerprint density at radius 3 is 2.83 bits per heavy atom. The maximum atomic E-state index is 12.4. The molecule has 1 amide bonds. The summed E-state index contributed by atoms with van der Waals surface area (Å²) in [4.78, 5) is 14.5. The molecule has 2 rings (SSSR count). The van der Waals surface area contributed by atoms with Crippen molar-refractivity contribution in [2.24, 2.45) is 0 Å². The lowest BCUT2D eigenvalue weighted by molar-refractivity contribution is -0.132. The Morgan fingerprint density at radius 1 is 1.30 bits per heavy atom. The van der Waals surface area contributed by atoms with E-state index in [1.807, 2.05) is 4.90 Å². The van der Waals surface area contributed by atoms with Crippen molar-refractivity contribution in [1.82, 2.24) is 19.7 Å². The second kappa shape index (κ2) is 9.21. The van der Waals surface area contributed by atoms with Gasteiger partial charge in [-0.25, -0.2) is 0 Å².